The van der Waals surface area contributed by atoms with Crippen molar-refractivity contribution in [3.63, 3.8) is 0 Å². The van der Waals surface area contributed by atoms with Gasteiger partial charge >= 0.3 is 5.97 Å². The van der Waals surface area contributed by atoms with Crippen molar-refractivity contribution in [3.05, 3.63) is 27.7 Å². The number of aryl methyl sites for hydroxylation is 1. The molecule has 2 rings (SSSR count). The molecule has 0 aliphatic heterocycles. The normalized spacial score (nSPS) is 11.1. The summed E-state index contributed by atoms with van der Waals surface area (Å²) in [5, 5.41) is 12.1. The Morgan fingerprint density at radius 1 is 1.41 bits per heavy atom. The predicted octanol–water partition coefficient (Wildman–Crippen LogP) is 4.00. The maximum atomic E-state index is 11.2. The van der Waals surface area contributed by atoms with Crippen molar-refractivity contribution in [2.75, 3.05) is 0 Å². The first kappa shape index (κ1) is 12.3. The molecule has 90 valence electrons. The molecule has 17 heavy (non-hydrogen) atoms. The average Bonchev–Trinajstić information content (AvgIpc) is 2.82. The number of thiophene rings is 1. The van der Waals surface area contributed by atoms with Gasteiger partial charge < -0.3 is 5.11 Å². The summed E-state index contributed by atoms with van der Waals surface area (Å²) in [6, 6.07) is 2.00. The summed E-state index contributed by atoms with van der Waals surface area (Å²) in [5.41, 5.74) is 1.29. The van der Waals surface area contributed by atoms with E-state index in [0.29, 0.717) is 0 Å². The van der Waals surface area contributed by atoms with Crippen molar-refractivity contribution in [1.82, 2.24) is 4.98 Å². The molecule has 2 aromatic heterocycles. The summed E-state index contributed by atoms with van der Waals surface area (Å²) < 4.78 is 0. The quantitative estimate of drug-likeness (QED) is 0.914. The van der Waals surface area contributed by atoms with E-state index >= 15 is 0 Å². The molecular formula is C12H13NO2S2. The fourth-order valence-electron chi connectivity index (χ4n) is 1.49. The van der Waals surface area contributed by atoms with Gasteiger partial charge in [-0.25, -0.2) is 9.78 Å². The Labute approximate surface area is 108 Å². The Morgan fingerprint density at radius 2 is 2.12 bits per heavy atom. The van der Waals surface area contributed by atoms with Gasteiger partial charge in [-0.15, -0.1) is 22.7 Å². The van der Waals surface area contributed by atoms with Crippen molar-refractivity contribution in [3.8, 4) is 9.75 Å². The van der Waals surface area contributed by atoms with Crippen LogP contribution in [-0.2, 0) is 0 Å². The van der Waals surface area contributed by atoms with E-state index in [1.54, 1.807) is 11.3 Å². The summed E-state index contributed by atoms with van der Waals surface area (Å²) in [5.74, 6) is -0.692. The zero-order chi connectivity index (χ0) is 12.6. The van der Waals surface area contributed by atoms with Crippen LogP contribution in [0.25, 0.3) is 9.75 Å². The number of aromatic carboxylic acids is 1. The number of nitrogens with zero attached hydrogens (tertiary/aromatic N) is 1. The molecule has 5 heteroatoms. The van der Waals surface area contributed by atoms with E-state index in [1.807, 2.05) is 32.2 Å². The van der Waals surface area contributed by atoms with Gasteiger partial charge in [-0.2, -0.15) is 0 Å². The number of rotatable bonds is 3. The van der Waals surface area contributed by atoms with Crippen LogP contribution in [0.3, 0.4) is 0 Å². The summed E-state index contributed by atoms with van der Waals surface area (Å²) >= 11 is 3.05. The molecule has 0 atom stereocenters. The third-order valence-corrected chi connectivity index (χ3v) is 4.95. The van der Waals surface area contributed by atoms with Gasteiger partial charge in [0.05, 0.1) is 9.88 Å². The van der Waals surface area contributed by atoms with Crippen molar-refractivity contribution >= 4 is 28.6 Å². The third-order valence-electron chi connectivity index (χ3n) is 2.41. The van der Waals surface area contributed by atoms with Crippen LogP contribution in [0.5, 0.6) is 0 Å². The topological polar surface area (TPSA) is 50.2 Å². The van der Waals surface area contributed by atoms with E-state index in [4.69, 9.17) is 0 Å². The zero-order valence-electron chi connectivity index (χ0n) is 9.85. The van der Waals surface area contributed by atoms with E-state index in [0.717, 1.165) is 20.3 Å². The summed E-state index contributed by atoms with van der Waals surface area (Å²) in [6.45, 7) is 6.04. The Bertz CT molecular complexity index is 555. The number of carbonyl (C=O) groups is 1. The number of carboxylic acid groups (broad SMARTS) is 1. The lowest BCUT2D eigenvalue weighted by molar-refractivity contribution is 0.0692. The molecule has 0 aromatic carbocycles. The number of hydrogen-bond donors (Lipinski definition) is 1. The molecule has 0 spiro atoms. The van der Waals surface area contributed by atoms with Crippen molar-refractivity contribution in [1.29, 1.82) is 0 Å². The van der Waals surface area contributed by atoms with Crippen LogP contribution < -0.4 is 0 Å². The molecule has 0 saturated heterocycles. The van der Waals surface area contributed by atoms with Gasteiger partial charge in [-0.1, -0.05) is 13.8 Å². The molecule has 1 N–H and O–H groups in total. The lowest BCUT2D eigenvalue weighted by Crippen LogP contribution is -1.99. The Hall–Kier alpha value is -1.20. The standard InChI is InChI=1S/C12H13NO2S2/c1-6(2)11-13-8(12(14)15)10(17-11)9-7(3)4-5-16-9/h4-6H,1-3H3,(H,14,15). The van der Waals surface area contributed by atoms with E-state index in [1.165, 1.54) is 11.3 Å². The molecule has 0 fully saturated rings. The smallest absolute Gasteiger partial charge is 0.356 e. The van der Waals surface area contributed by atoms with Crippen LogP contribution in [0.2, 0.25) is 0 Å². The van der Waals surface area contributed by atoms with Crippen LogP contribution in [0, 0.1) is 6.92 Å². The van der Waals surface area contributed by atoms with E-state index in [-0.39, 0.29) is 11.6 Å². The SMILES string of the molecule is Cc1ccsc1-c1sc(C(C)C)nc1C(=O)O. The van der Waals surface area contributed by atoms with E-state index < -0.39 is 5.97 Å². The van der Waals surface area contributed by atoms with Gasteiger partial charge in [0.25, 0.3) is 0 Å². The van der Waals surface area contributed by atoms with Crippen molar-refractivity contribution < 1.29 is 9.90 Å². The number of thiazole rings is 1. The van der Waals surface area contributed by atoms with Crippen LogP contribution in [0.15, 0.2) is 11.4 Å². The Morgan fingerprint density at radius 3 is 2.59 bits per heavy atom. The largest absolute Gasteiger partial charge is 0.476 e. The molecule has 0 radical (unpaired) electrons. The third kappa shape index (κ3) is 2.25. The number of aromatic nitrogens is 1. The highest BCUT2D eigenvalue weighted by molar-refractivity contribution is 7.21. The number of hydrogen-bond acceptors (Lipinski definition) is 4. The zero-order valence-corrected chi connectivity index (χ0v) is 11.5. The molecule has 0 bridgehead atoms. The van der Waals surface area contributed by atoms with Crippen LogP contribution in [0.1, 0.15) is 40.8 Å². The van der Waals surface area contributed by atoms with Crippen molar-refractivity contribution in [2.24, 2.45) is 0 Å². The van der Waals surface area contributed by atoms with Gasteiger partial charge in [-0.3, -0.25) is 0 Å². The van der Waals surface area contributed by atoms with Crippen LogP contribution in [0.4, 0.5) is 0 Å². The maximum Gasteiger partial charge on any atom is 0.356 e. The minimum atomic E-state index is -0.948. The monoisotopic (exact) mass is 267 g/mol. The second-order valence-corrected chi connectivity index (χ2v) is 6.07. The first-order chi connectivity index (χ1) is 8.00. The minimum Gasteiger partial charge on any atom is -0.476 e. The van der Waals surface area contributed by atoms with Gasteiger partial charge in [0, 0.05) is 10.8 Å². The van der Waals surface area contributed by atoms with Gasteiger partial charge in [-0.05, 0) is 23.9 Å². The number of carboxylic acids is 1. The van der Waals surface area contributed by atoms with E-state index in [2.05, 4.69) is 4.98 Å². The minimum absolute atomic E-state index is 0.184. The molecule has 2 heterocycles. The molecule has 2 aromatic rings. The van der Waals surface area contributed by atoms with Crippen LogP contribution >= 0.6 is 22.7 Å². The fraction of sp³-hybridized carbons (Fsp3) is 0.333. The first-order valence-electron chi connectivity index (χ1n) is 5.29. The fourth-order valence-corrected chi connectivity index (χ4v) is 3.69. The maximum absolute atomic E-state index is 11.2. The molecule has 0 saturated carbocycles. The lowest BCUT2D eigenvalue weighted by Gasteiger charge is -1.96. The molecule has 0 aliphatic rings. The molecule has 0 unspecified atom stereocenters. The summed E-state index contributed by atoms with van der Waals surface area (Å²) in [7, 11) is 0. The second kappa shape index (κ2) is 4.58. The van der Waals surface area contributed by atoms with Crippen molar-refractivity contribution in [2.45, 2.75) is 26.7 Å². The first-order valence-corrected chi connectivity index (χ1v) is 6.98. The molecule has 0 aliphatic carbocycles. The Balaban J connectivity index is 2.60. The highest BCUT2D eigenvalue weighted by Crippen LogP contribution is 2.38. The van der Waals surface area contributed by atoms with Gasteiger partial charge in [0.15, 0.2) is 5.69 Å². The molecule has 0 amide bonds. The molecular weight excluding hydrogens is 254 g/mol. The van der Waals surface area contributed by atoms with E-state index in [9.17, 15) is 9.90 Å². The predicted molar refractivity (Wildman–Crippen MR) is 71.2 cm³/mol. The summed E-state index contributed by atoms with van der Waals surface area (Å²) in [6.07, 6.45) is 0. The summed E-state index contributed by atoms with van der Waals surface area (Å²) in [4.78, 5) is 17.3. The average molecular weight is 267 g/mol. The molecule has 3 nitrogen and oxygen atoms in total. The van der Waals surface area contributed by atoms with Crippen LogP contribution in [-0.4, -0.2) is 16.1 Å². The lowest BCUT2D eigenvalue weighted by atomic mass is 10.2. The Kier molecular flexibility index (Phi) is 3.31. The van der Waals surface area contributed by atoms with Gasteiger partial charge in [0.1, 0.15) is 0 Å². The highest BCUT2D eigenvalue weighted by atomic mass is 32.1. The highest BCUT2D eigenvalue weighted by Gasteiger charge is 2.21. The van der Waals surface area contributed by atoms with Gasteiger partial charge in [0.2, 0.25) is 0 Å². The second-order valence-electron chi connectivity index (χ2n) is 4.12.